The van der Waals surface area contributed by atoms with E-state index in [0.717, 1.165) is 30.9 Å². The number of hydrogen-bond donors (Lipinski definition) is 2. The molecule has 2 aromatic rings. The smallest absolute Gasteiger partial charge is 0.235 e. The summed E-state index contributed by atoms with van der Waals surface area (Å²) in [4.78, 5) is 14.7. The third-order valence-corrected chi connectivity index (χ3v) is 6.99. The average Bonchev–Trinajstić information content (AvgIpc) is 2.93. The number of nitrogens with zero attached hydrogens (tertiary/aromatic N) is 1. The van der Waals surface area contributed by atoms with Crippen LogP contribution in [0.3, 0.4) is 0 Å². The van der Waals surface area contributed by atoms with Gasteiger partial charge in [-0.1, -0.05) is 18.0 Å². The summed E-state index contributed by atoms with van der Waals surface area (Å²) in [6.45, 7) is 1.13. The lowest BCUT2D eigenvalue weighted by Crippen LogP contribution is -2.40. The van der Waals surface area contributed by atoms with Crippen molar-refractivity contribution in [3.8, 4) is 5.75 Å². The van der Waals surface area contributed by atoms with Crippen LogP contribution in [-0.2, 0) is 21.6 Å². The third-order valence-electron chi connectivity index (χ3n) is 5.60. The van der Waals surface area contributed by atoms with Crippen molar-refractivity contribution >= 4 is 40.2 Å². The van der Waals surface area contributed by atoms with Crippen molar-refractivity contribution in [2.75, 3.05) is 37.3 Å². The quantitative estimate of drug-likeness (QED) is 0.624. The first kappa shape index (κ1) is 21.2. The Balaban J connectivity index is 1.65. The minimum Gasteiger partial charge on any atom is -0.588 e. The fraction of sp³-hybridized carbons (Fsp3) is 0.381. The molecule has 30 heavy (non-hydrogen) atoms. The molecule has 0 saturated heterocycles. The van der Waals surface area contributed by atoms with Crippen LogP contribution in [0.1, 0.15) is 24.8 Å². The number of hydrogen-bond acceptors (Lipinski definition) is 5. The highest BCUT2D eigenvalue weighted by Gasteiger charge is 2.52. The molecule has 0 radical (unpaired) electrons. The van der Waals surface area contributed by atoms with Gasteiger partial charge in [0.05, 0.1) is 16.8 Å². The number of benzene rings is 2. The number of likely N-dealkylation sites (N-methyl/N-ethyl adjacent to an activating group) is 1. The standard InChI is InChI=1S/C21H23ClFN3O3S/c1-26(2)8-9-29-17-12-14(25-30(28)18-5-4-13(22)10-16(18)23)11-15-19(17)24-20(27)21(15)6-3-7-21/h4-5,10-12,25H,3,6-9H2,1-2H3,(H,24,27)/t30-/m0/s1. The van der Waals surface area contributed by atoms with Gasteiger partial charge in [0.1, 0.15) is 23.7 Å². The van der Waals surface area contributed by atoms with Crippen LogP contribution >= 0.6 is 11.6 Å². The van der Waals surface area contributed by atoms with Crippen LogP contribution in [0.25, 0.3) is 0 Å². The molecule has 6 nitrogen and oxygen atoms in total. The Hall–Kier alpha value is -2.00. The largest absolute Gasteiger partial charge is 0.588 e. The Morgan fingerprint density at radius 1 is 1.33 bits per heavy atom. The van der Waals surface area contributed by atoms with E-state index in [0.29, 0.717) is 30.3 Å². The number of fused-ring (bicyclic) bond motifs is 2. The number of nitrogens with one attached hydrogen (secondary N) is 2. The predicted octanol–water partition coefficient (Wildman–Crippen LogP) is 3.93. The summed E-state index contributed by atoms with van der Waals surface area (Å²) in [6.07, 6.45) is 2.51. The third kappa shape index (κ3) is 3.85. The second-order valence-electron chi connectivity index (χ2n) is 7.88. The minimum absolute atomic E-state index is 0.00235. The SMILES string of the molecule is CN(C)CCOc1cc(N[S@@+]([O-])c2ccc(Cl)cc2F)cc2c1NC(=O)C21CCC1. The van der Waals surface area contributed by atoms with Crippen molar-refractivity contribution in [1.29, 1.82) is 0 Å². The maximum Gasteiger partial charge on any atom is 0.235 e. The van der Waals surface area contributed by atoms with E-state index < -0.39 is 22.6 Å². The molecule has 0 unspecified atom stereocenters. The minimum atomic E-state index is -1.84. The van der Waals surface area contributed by atoms with Crippen LogP contribution in [0.2, 0.25) is 5.02 Å². The Morgan fingerprint density at radius 3 is 2.73 bits per heavy atom. The summed E-state index contributed by atoms with van der Waals surface area (Å²) in [5, 5.41) is 3.20. The summed E-state index contributed by atoms with van der Waals surface area (Å²) in [5.74, 6) is -0.157. The molecule has 1 aliphatic heterocycles. The van der Waals surface area contributed by atoms with Gasteiger partial charge in [0, 0.05) is 23.7 Å². The van der Waals surface area contributed by atoms with E-state index in [1.54, 1.807) is 6.07 Å². The lowest BCUT2D eigenvalue weighted by molar-refractivity contribution is -0.123. The van der Waals surface area contributed by atoms with Crippen molar-refractivity contribution in [2.45, 2.75) is 29.6 Å². The maximum absolute atomic E-state index is 14.2. The molecular weight excluding hydrogens is 429 g/mol. The molecule has 2 aliphatic rings. The number of rotatable bonds is 7. The topological polar surface area (TPSA) is 76.7 Å². The molecule has 1 spiro atoms. The molecule has 1 heterocycles. The second-order valence-corrected chi connectivity index (χ2v) is 9.50. The van der Waals surface area contributed by atoms with Gasteiger partial charge in [0.2, 0.25) is 10.8 Å². The number of carbonyl (C=O) groups excluding carboxylic acids is 1. The predicted molar refractivity (Wildman–Crippen MR) is 116 cm³/mol. The molecule has 160 valence electrons. The van der Waals surface area contributed by atoms with Crippen molar-refractivity contribution < 1.29 is 18.5 Å². The van der Waals surface area contributed by atoms with Crippen LogP contribution < -0.4 is 14.8 Å². The Labute approximate surface area is 183 Å². The summed E-state index contributed by atoms with van der Waals surface area (Å²) >= 11 is 3.94. The Kier molecular flexibility index (Phi) is 5.85. The fourth-order valence-corrected chi connectivity index (χ4v) is 4.83. The highest BCUT2D eigenvalue weighted by Crippen LogP contribution is 2.54. The number of ether oxygens (including phenoxy) is 1. The van der Waals surface area contributed by atoms with Crippen LogP contribution in [0, 0.1) is 5.82 Å². The molecule has 1 aliphatic carbocycles. The fourth-order valence-electron chi connectivity index (χ4n) is 3.80. The molecule has 0 bridgehead atoms. The average molecular weight is 452 g/mol. The lowest BCUT2D eigenvalue weighted by Gasteiger charge is -2.36. The Morgan fingerprint density at radius 2 is 2.10 bits per heavy atom. The number of halogens is 2. The highest BCUT2D eigenvalue weighted by molar-refractivity contribution is 7.92. The zero-order chi connectivity index (χ0) is 21.5. The van der Waals surface area contributed by atoms with Crippen LogP contribution in [-0.4, -0.2) is 42.6 Å². The van der Waals surface area contributed by atoms with E-state index in [-0.39, 0.29) is 15.8 Å². The number of amides is 1. The summed E-state index contributed by atoms with van der Waals surface area (Å²) in [5.41, 5.74) is 1.47. The Bertz CT molecular complexity index is 984. The van der Waals surface area contributed by atoms with Gasteiger partial charge in [-0.2, -0.15) is 0 Å². The second kappa shape index (κ2) is 8.26. The van der Waals surface area contributed by atoms with Crippen molar-refractivity contribution in [3.63, 3.8) is 0 Å². The molecular formula is C21H23ClFN3O3S. The lowest BCUT2D eigenvalue weighted by atomic mass is 9.65. The zero-order valence-corrected chi connectivity index (χ0v) is 18.3. The first-order valence-electron chi connectivity index (χ1n) is 9.71. The molecule has 2 aromatic carbocycles. The van der Waals surface area contributed by atoms with E-state index in [1.807, 2.05) is 25.1 Å². The van der Waals surface area contributed by atoms with Crippen LogP contribution in [0.15, 0.2) is 35.2 Å². The van der Waals surface area contributed by atoms with Crippen molar-refractivity contribution in [3.05, 3.63) is 46.7 Å². The van der Waals surface area contributed by atoms with E-state index in [1.165, 1.54) is 12.1 Å². The molecule has 2 N–H and O–H groups in total. The van der Waals surface area contributed by atoms with Gasteiger partial charge in [-0.3, -0.25) is 4.79 Å². The van der Waals surface area contributed by atoms with E-state index >= 15 is 0 Å². The van der Waals surface area contributed by atoms with E-state index in [2.05, 4.69) is 10.0 Å². The van der Waals surface area contributed by atoms with Gasteiger partial charge < -0.3 is 19.5 Å². The van der Waals surface area contributed by atoms with E-state index in [9.17, 15) is 13.7 Å². The summed E-state index contributed by atoms with van der Waals surface area (Å²) < 4.78 is 35.7. The first-order valence-corrected chi connectivity index (χ1v) is 11.2. The van der Waals surface area contributed by atoms with E-state index in [4.69, 9.17) is 16.3 Å². The maximum atomic E-state index is 14.2. The van der Waals surface area contributed by atoms with Crippen molar-refractivity contribution in [2.24, 2.45) is 0 Å². The normalized spacial score (nSPS) is 17.5. The van der Waals surface area contributed by atoms with Gasteiger partial charge >= 0.3 is 0 Å². The molecule has 1 saturated carbocycles. The molecule has 0 aromatic heterocycles. The van der Waals surface area contributed by atoms with Gasteiger partial charge in [0.25, 0.3) is 0 Å². The van der Waals surface area contributed by atoms with Gasteiger partial charge in [-0.05, 0) is 50.7 Å². The van der Waals surface area contributed by atoms with Gasteiger partial charge in [-0.25, -0.2) is 9.11 Å². The van der Waals surface area contributed by atoms with Gasteiger partial charge in [-0.15, -0.1) is 0 Å². The van der Waals surface area contributed by atoms with Crippen LogP contribution in [0.4, 0.5) is 15.8 Å². The van der Waals surface area contributed by atoms with Crippen molar-refractivity contribution in [1.82, 2.24) is 4.90 Å². The molecule has 9 heteroatoms. The molecule has 1 fully saturated rings. The van der Waals surface area contributed by atoms with Crippen LogP contribution in [0.5, 0.6) is 5.75 Å². The first-order chi connectivity index (χ1) is 14.3. The number of anilines is 2. The molecule has 1 atom stereocenters. The zero-order valence-electron chi connectivity index (χ0n) is 16.8. The molecule has 1 amide bonds. The summed E-state index contributed by atoms with van der Waals surface area (Å²) in [6, 6.07) is 7.51. The highest BCUT2D eigenvalue weighted by atomic mass is 35.5. The number of carbonyl (C=O) groups is 1. The molecule has 4 rings (SSSR count). The monoisotopic (exact) mass is 451 g/mol. The summed E-state index contributed by atoms with van der Waals surface area (Å²) in [7, 11) is 3.89. The van der Waals surface area contributed by atoms with Gasteiger partial charge in [0.15, 0.2) is 5.82 Å².